The number of rotatable bonds is 4. The second-order valence-corrected chi connectivity index (χ2v) is 8.46. The minimum Gasteiger partial charge on any atom is -0.369 e. The van der Waals surface area contributed by atoms with Crippen LogP contribution in [0.15, 0.2) is 41.6 Å². The summed E-state index contributed by atoms with van der Waals surface area (Å²) in [4.78, 5) is 14.5. The van der Waals surface area contributed by atoms with Gasteiger partial charge in [-0.3, -0.25) is 0 Å². The summed E-state index contributed by atoms with van der Waals surface area (Å²) < 4.78 is 27.3. The molecule has 1 aliphatic rings. The fraction of sp³-hybridized carbons (Fsp3) is 0.333. The lowest BCUT2D eigenvalue weighted by atomic mass is 10.1. The van der Waals surface area contributed by atoms with E-state index in [1.165, 1.54) is 7.05 Å². The van der Waals surface area contributed by atoms with Gasteiger partial charge in [0.25, 0.3) is 0 Å². The molecule has 1 aromatic carbocycles. The summed E-state index contributed by atoms with van der Waals surface area (Å²) in [5.41, 5.74) is 3.75. The van der Waals surface area contributed by atoms with E-state index >= 15 is 0 Å². The van der Waals surface area contributed by atoms with E-state index in [-0.39, 0.29) is 4.90 Å². The molecule has 8 heteroatoms. The van der Waals surface area contributed by atoms with Crippen molar-refractivity contribution in [3.8, 4) is 11.3 Å². The predicted molar refractivity (Wildman–Crippen MR) is 102 cm³/mol. The quantitative estimate of drug-likeness (QED) is 0.735. The molecular formula is C18H21N5O2S. The maximum atomic E-state index is 12.4. The third-order valence-electron chi connectivity index (χ3n) is 4.91. The van der Waals surface area contributed by atoms with Gasteiger partial charge in [-0.1, -0.05) is 0 Å². The van der Waals surface area contributed by atoms with E-state index in [1.54, 1.807) is 24.5 Å². The predicted octanol–water partition coefficient (Wildman–Crippen LogP) is 2.52. The number of hydrogen-bond acceptors (Lipinski definition) is 5. The third kappa shape index (κ3) is 2.95. The lowest BCUT2D eigenvalue weighted by Gasteiger charge is -2.25. The highest BCUT2D eigenvalue weighted by atomic mass is 32.2. The normalized spacial score (nSPS) is 17.9. The van der Waals surface area contributed by atoms with Crippen LogP contribution in [0.25, 0.3) is 22.4 Å². The molecule has 0 saturated carbocycles. The Morgan fingerprint density at radius 1 is 1.31 bits per heavy atom. The van der Waals surface area contributed by atoms with E-state index in [0.717, 1.165) is 36.2 Å². The highest BCUT2D eigenvalue weighted by Gasteiger charge is 2.23. The first-order chi connectivity index (χ1) is 12.5. The molecule has 0 amide bonds. The van der Waals surface area contributed by atoms with Crippen LogP contribution in [0.2, 0.25) is 0 Å². The number of nitrogens with zero attached hydrogens (tertiary/aromatic N) is 3. The molecule has 3 heterocycles. The van der Waals surface area contributed by atoms with Crippen molar-refractivity contribution in [3.63, 3.8) is 0 Å². The van der Waals surface area contributed by atoms with Crippen molar-refractivity contribution < 1.29 is 8.42 Å². The number of H-pyrrole nitrogens is 1. The maximum absolute atomic E-state index is 12.4. The summed E-state index contributed by atoms with van der Waals surface area (Å²) in [5, 5.41) is 0. The SMILES string of the molecule is CNS(=O)(=O)c1cc(-c2cnc3[nH]ccc3n2)cc(N2CCC[C@H]2C)c1. The first-order valence-corrected chi connectivity index (χ1v) is 10.1. The van der Waals surface area contributed by atoms with Crippen LogP contribution in [0.1, 0.15) is 19.8 Å². The molecule has 7 nitrogen and oxygen atoms in total. The van der Waals surface area contributed by atoms with Gasteiger partial charge in [-0.25, -0.2) is 23.1 Å². The van der Waals surface area contributed by atoms with Gasteiger partial charge in [-0.05, 0) is 51.1 Å². The topological polar surface area (TPSA) is 91.0 Å². The molecule has 2 N–H and O–H groups in total. The molecular weight excluding hydrogens is 350 g/mol. The van der Waals surface area contributed by atoms with Gasteiger partial charge >= 0.3 is 0 Å². The van der Waals surface area contributed by atoms with Crippen molar-refractivity contribution in [1.82, 2.24) is 19.7 Å². The minimum absolute atomic E-state index is 0.238. The molecule has 0 radical (unpaired) electrons. The van der Waals surface area contributed by atoms with E-state index in [1.807, 2.05) is 12.1 Å². The van der Waals surface area contributed by atoms with Crippen LogP contribution in [0.3, 0.4) is 0 Å². The van der Waals surface area contributed by atoms with Gasteiger partial charge in [0.2, 0.25) is 10.0 Å². The van der Waals surface area contributed by atoms with Gasteiger partial charge in [0.1, 0.15) is 5.52 Å². The molecule has 3 aromatic rings. The molecule has 1 aliphatic heterocycles. The number of benzene rings is 1. The molecule has 1 atom stereocenters. The van der Waals surface area contributed by atoms with Crippen molar-refractivity contribution in [1.29, 1.82) is 0 Å². The zero-order valence-electron chi connectivity index (χ0n) is 14.7. The smallest absolute Gasteiger partial charge is 0.240 e. The van der Waals surface area contributed by atoms with Crippen molar-refractivity contribution in [2.45, 2.75) is 30.7 Å². The maximum Gasteiger partial charge on any atom is 0.240 e. The first-order valence-electron chi connectivity index (χ1n) is 8.64. The lowest BCUT2D eigenvalue weighted by Crippen LogP contribution is -2.27. The van der Waals surface area contributed by atoms with Crippen molar-refractivity contribution in [2.24, 2.45) is 0 Å². The number of sulfonamides is 1. The molecule has 1 saturated heterocycles. The first kappa shape index (κ1) is 17.0. The largest absolute Gasteiger partial charge is 0.369 e. The van der Waals surface area contributed by atoms with Crippen LogP contribution in [0.4, 0.5) is 5.69 Å². The summed E-state index contributed by atoms with van der Waals surface area (Å²) in [6, 6.07) is 7.62. The Balaban J connectivity index is 1.88. The Morgan fingerprint density at radius 2 is 2.15 bits per heavy atom. The van der Waals surface area contributed by atoms with E-state index in [2.05, 4.69) is 31.5 Å². The molecule has 136 valence electrons. The fourth-order valence-corrected chi connectivity index (χ4v) is 4.25. The van der Waals surface area contributed by atoms with Gasteiger partial charge in [-0.2, -0.15) is 0 Å². The number of nitrogens with one attached hydrogen (secondary N) is 2. The summed E-state index contributed by atoms with van der Waals surface area (Å²) in [7, 11) is -2.14. The zero-order chi connectivity index (χ0) is 18.3. The number of fused-ring (bicyclic) bond motifs is 1. The molecule has 26 heavy (non-hydrogen) atoms. The Hall–Kier alpha value is -2.45. The van der Waals surface area contributed by atoms with Crippen molar-refractivity contribution in [3.05, 3.63) is 36.7 Å². The van der Waals surface area contributed by atoms with Gasteiger partial charge < -0.3 is 9.88 Å². The number of aromatic nitrogens is 3. The number of aromatic amines is 1. The van der Waals surface area contributed by atoms with E-state index in [4.69, 9.17) is 0 Å². The van der Waals surface area contributed by atoms with Crippen LogP contribution < -0.4 is 9.62 Å². The summed E-state index contributed by atoms with van der Waals surface area (Å²) in [5.74, 6) is 0. The Morgan fingerprint density at radius 3 is 2.88 bits per heavy atom. The Bertz CT molecular complexity index is 1060. The van der Waals surface area contributed by atoms with Crippen LogP contribution in [-0.2, 0) is 10.0 Å². The second kappa shape index (κ2) is 6.37. The molecule has 4 rings (SSSR count). The molecule has 0 bridgehead atoms. The van der Waals surface area contributed by atoms with Gasteiger partial charge in [0, 0.05) is 30.0 Å². The number of anilines is 1. The minimum atomic E-state index is -3.56. The monoisotopic (exact) mass is 371 g/mol. The Labute approximate surface area is 152 Å². The molecule has 0 aliphatic carbocycles. The fourth-order valence-electron chi connectivity index (χ4n) is 3.46. The van der Waals surface area contributed by atoms with Gasteiger partial charge in [0.05, 0.1) is 16.8 Å². The van der Waals surface area contributed by atoms with E-state index in [0.29, 0.717) is 17.4 Å². The highest BCUT2D eigenvalue weighted by molar-refractivity contribution is 7.89. The number of hydrogen-bond donors (Lipinski definition) is 2. The molecule has 0 spiro atoms. The van der Waals surface area contributed by atoms with Crippen LogP contribution in [0, 0.1) is 0 Å². The van der Waals surface area contributed by atoms with Crippen LogP contribution in [0.5, 0.6) is 0 Å². The van der Waals surface area contributed by atoms with E-state index in [9.17, 15) is 8.42 Å². The standard InChI is InChI=1S/C18H21N5O2S/c1-12-4-3-7-23(12)14-8-13(9-15(10-14)26(24,25)19-2)17-11-21-18-16(22-17)5-6-20-18/h5-6,8-12,19H,3-4,7H2,1-2H3,(H,20,21)/t12-/m1/s1. The average molecular weight is 371 g/mol. The van der Waals surface area contributed by atoms with E-state index < -0.39 is 10.0 Å². The summed E-state index contributed by atoms with van der Waals surface area (Å²) >= 11 is 0. The average Bonchev–Trinajstić information content (AvgIpc) is 3.29. The highest BCUT2D eigenvalue weighted by Crippen LogP contribution is 2.32. The van der Waals surface area contributed by atoms with Crippen LogP contribution in [-0.4, -0.2) is 43.0 Å². The van der Waals surface area contributed by atoms with Gasteiger partial charge in [0.15, 0.2) is 5.65 Å². The third-order valence-corrected chi connectivity index (χ3v) is 6.31. The van der Waals surface area contributed by atoms with Gasteiger partial charge in [-0.15, -0.1) is 0 Å². The Kier molecular flexibility index (Phi) is 4.16. The lowest BCUT2D eigenvalue weighted by molar-refractivity contribution is 0.588. The van der Waals surface area contributed by atoms with Crippen molar-refractivity contribution in [2.75, 3.05) is 18.5 Å². The molecule has 0 unspecified atom stereocenters. The second-order valence-electron chi connectivity index (χ2n) is 6.57. The summed E-state index contributed by atoms with van der Waals surface area (Å²) in [6.45, 7) is 3.09. The van der Waals surface area contributed by atoms with Crippen LogP contribution >= 0.6 is 0 Å². The summed E-state index contributed by atoms with van der Waals surface area (Å²) in [6.07, 6.45) is 5.66. The molecule has 1 fully saturated rings. The zero-order valence-corrected chi connectivity index (χ0v) is 15.5. The molecule has 2 aromatic heterocycles. The van der Waals surface area contributed by atoms with Crippen molar-refractivity contribution >= 4 is 26.9 Å².